The number of halogens is 1. The van der Waals surface area contributed by atoms with Gasteiger partial charge < -0.3 is 15.0 Å². The lowest BCUT2D eigenvalue weighted by Crippen LogP contribution is -2.35. The third-order valence-corrected chi connectivity index (χ3v) is 4.60. The molecule has 1 aliphatic heterocycles. The van der Waals surface area contributed by atoms with Gasteiger partial charge in [-0.05, 0) is 42.5 Å². The van der Waals surface area contributed by atoms with Crippen LogP contribution in [0.15, 0.2) is 42.5 Å². The summed E-state index contributed by atoms with van der Waals surface area (Å²) in [5.74, 6) is -1.49. The molecule has 1 aromatic heterocycles. The van der Waals surface area contributed by atoms with E-state index in [1.54, 1.807) is 11.0 Å². The molecule has 0 atom stereocenters. The van der Waals surface area contributed by atoms with Crippen LogP contribution >= 0.6 is 0 Å². The molecule has 2 heterocycles. The van der Waals surface area contributed by atoms with E-state index in [-0.39, 0.29) is 17.3 Å². The number of aromatic amines is 1. The SMILES string of the molecule is O=C(O)c1ccc(C(=O)N2CCc3[nH]c4ccc(F)cc4c3C2)cc1. The number of rotatable bonds is 2. The Morgan fingerprint density at radius 3 is 2.52 bits per heavy atom. The van der Waals surface area contributed by atoms with Gasteiger partial charge >= 0.3 is 5.97 Å². The number of nitrogens with one attached hydrogen (secondary N) is 1. The average Bonchev–Trinajstić information content (AvgIpc) is 2.98. The van der Waals surface area contributed by atoms with E-state index in [1.165, 1.54) is 36.4 Å². The Labute approximate surface area is 142 Å². The maximum atomic E-state index is 13.6. The second-order valence-electron chi connectivity index (χ2n) is 6.13. The Morgan fingerprint density at radius 1 is 1.08 bits per heavy atom. The maximum absolute atomic E-state index is 13.6. The molecule has 2 aromatic carbocycles. The predicted molar refractivity (Wildman–Crippen MR) is 90.1 cm³/mol. The number of carbonyl (C=O) groups excluding carboxylic acids is 1. The van der Waals surface area contributed by atoms with Gasteiger partial charge in [0.05, 0.1) is 5.56 Å². The molecule has 6 heteroatoms. The van der Waals surface area contributed by atoms with Gasteiger partial charge in [0.15, 0.2) is 0 Å². The van der Waals surface area contributed by atoms with Crippen molar-refractivity contribution in [2.45, 2.75) is 13.0 Å². The van der Waals surface area contributed by atoms with E-state index < -0.39 is 5.97 Å². The highest BCUT2D eigenvalue weighted by atomic mass is 19.1. The van der Waals surface area contributed by atoms with E-state index in [1.807, 2.05) is 0 Å². The molecule has 5 nitrogen and oxygen atoms in total. The summed E-state index contributed by atoms with van der Waals surface area (Å²) >= 11 is 0. The molecule has 3 aromatic rings. The van der Waals surface area contributed by atoms with Crippen LogP contribution in [-0.2, 0) is 13.0 Å². The summed E-state index contributed by atoms with van der Waals surface area (Å²) < 4.78 is 13.6. The van der Waals surface area contributed by atoms with E-state index in [0.717, 1.165) is 22.2 Å². The lowest BCUT2D eigenvalue weighted by molar-refractivity contribution is 0.0692. The largest absolute Gasteiger partial charge is 0.478 e. The number of aromatic nitrogens is 1. The zero-order valence-electron chi connectivity index (χ0n) is 13.3. The quantitative estimate of drug-likeness (QED) is 0.753. The standard InChI is InChI=1S/C19H15FN2O3/c20-13-5-6-16-14(9-13)15-10-22(8-7-17(15)21-16)18(23)11-1-3-12(4-2-11)19(24)25/h1-6,9,21H,7-8,10H2,(H,24,25). The van der Waals surface area contributed by atoms with Crippen molar-refractivity contribution >= 4 is 22.8 Å². The number of fused-ring (bicyclic) bond motifs is 3. The third kappa shape index (κ3) is 2.65. The fourth-order valence-electron chi connectivity index (χ4n) is 3.30. The fraction of sp³-hybridized carbons (Fsp3) is 0.158. The number of benzene rings is 2. The number of hydrogen-bond acceptors (Lipinski definition) is 2. The van der Waals surface area contributed by atoms with Gasteiger partial charge in [0.1, 0.15) is 5.82 Å². The van der Waals surface area contributed by atoms with Gasteiger partial charge in [-0.25, -0.2) is 9.18 Å². The maximum Gasteiger partial charge on any atom is 0.335 e. The summed E-state index contributed by atoms with van der Waals surface area (Å²) in [4.78, 5) is 28.6. The number of nitrogens with zero attached hydrogens (tertiary/aromatic N) is 1. The molecule has 0 saturated carbocycles. The van der Waals surface area contributed by atoms with E-state index in [9.17, 15) is 14.0 Å². The predicted octanol–water partition coefficient (Wildman–Crippen LogP) is 3.20. The van der Waals surface area contributed by atoms with Gasteiger partial charge in [0, 0.05) is 47.2 Å². The lowest BCUT2D eigenvalue weighted by Gasteiger charge is -2.27. The Balaban J connectivity index is 1.63. The second kappa shape index (κ2) is 5.73. The molecule has 0 fully saturated rings. The van der Waals surface area contributed by atoms with Crippen LogP contribution in [-0.4, -0.2) is 33.4 Å². The summed E-state index contributed by atoms with van der Waals surface area (Å²) in [6.07, 6.45) is 0.671. The molecule has 0 saturated heterocycles. The van der Waals surface area contributed by atoms with Crippen molar-refractivity contribution in [2.24, 2.45) is 0 Å². The minimum atomic E-state index is -1.03. The molecular formula is C19H15FN2O3. The number of H-pyrrole nitrogens is 1. The normalized spacial score (nSPS) is 13.7. The molecule has 1 amide bonds. The van der Waals surface area contributed by atoms with E-state index in [0.29, 0.717) is 25.1 Å². The molecule has 25 heavy (non-hydrogen) atoms. The number of amides is 1. The number of aromatic carboxylic acids is 1. The summed E-state index contributed by atoms with van der Waals surface area (Å²) in [6, 6.07) is 10.5. The van der Waals surface area contributed by atoms with Crippen molar-refractivity contribution in [1.82, 2.24) is 9.88 Å². The Hall–Kier alpha value is -3.15. The van der Waals surface area contributed by atoms with Crippen LogP contribution in [0.25, 0.3) is 10.9 Å². The van der Waals surface area contributed by atoms with Gasteiger partial charge in [-0.1, -0.05) is 0 Å². The van der Waals surface area contributed by atoms with Crippen molar-refractivity contribution < 1.29 is 19.1 Å². The van der Waals surface area contributed by atoms with E-state index in [2.05, 4.69) is 4.98 Å². The molecule has 1 aliphatic rings. The summed E-state index contributed by atoms with van der Waals surface area (Å²) in [7, 11) is 0. The lowest BCUT2D eigenvalue weighted by atomic mass is 10.0. The van der Waals surface area contributed by atoms with E-state index >= 15 is 0 Å². The van der Waals surface area contributed by atoms with Crippen molar-refractivity contribution in [1.29, 1.82) is 0 Å². The first kappa shape index (κ1) is 15.4. The van der Waals surface area contributed by atoms with Crippen molar-refractivity contribution in [2.75, 3.05) is 6.54 Å². The van der Waals surface area contributed by atoms with Crippen molar-refractivity contribution in [3.05, 3.63) is 70.7 Å². The average molecular weight is 338 g/mol. The highest BCUT2D eigenvalue weighted by molar-refractivity contribution is 5.96. The zero-order valence-corrected chi connectivity index (χ0v) is 13.3. The molecular weight excluding hydrogens is 323 g/mol. The highest BCUT2D eigenvalue weighted by Gasteiger charge is 2.25. The number of hydrogen-bond donors (Lipinski definition) is 2. The molecule has 2 N–H and O–H groups in total. The molecule has 0 unspecified atom stereocenters. The summed E-state index contributed by atoms with van der Waals surface area (Å²) in [6.45, 7) is 0.958. The van der Waals surface area contributed by atoms with Crippen LogP contribution in [0.2, 0.25) is 0 Å². The van der Waals surface area contributed by atoms with Gasteiger partial charge in [-0.2, -0.15) is 0 Å². The molecule has 4 rings (SSSR count). The Kier molecular flexibility index (Phi) is 3.53. The molecule has 0 radical (unpaired) electrons. The van der Waals surface area contributed by atoms with Crippen LogP contribution < -0.4 is 0 Å². The zero-order chi connectivity index (χ0) is 17.6. The van der Waals surface area contributed by atoms with Crippen LogP contribution in [0.4, 0.5) is 4.39 Å². The summed E-state index contributed by atoms with van der Waals surface area (Å²) in [5.41, 5.74) is 3.43. The van der Waals surface area contributed by atoms with Crippen LogP contribution in [0.3, 0.4) is 0 Å². The molecule has 0 bridgehead atoms. The van der Waals surface area contributed by atoms with Crippen molar-refractivity contribution in [3.63, 3.8) is 0 Å². The monoisotopic (exact) mass is 338 g/mol. The Morgan fingerprint density at radius 2 is 1.80 bits per heavy atom. The second-order valence-corrected chi connectivity index (χ2v) is 6.13. The van der Waals surface area contributed by atoms with Crippen molar-refractivity contribution in [3.8, 4) is 0 Å². The van der Waals surface area contributed by atoms with Crippen LogP contribution in [0.1, 0.15) is 32.0 Å². The first-order valence-corrected chi connectivity index (χ1v) is 7.94. The smallest absolute Gasteiger partial charge is 0.335 e. The fourth-order valence-corrected chi connectivity index (χ4v) is 3.30. The first-order valence-electron chi connectivity index (χ1n) is 7.94. The summed E-state index contributed by atoms with van der Waals surface area (Å²) in [5, 5.41) is 9.74. The van der Waals surface area contributed by atoms with E-state index in [4.69, 9.17) is 5.11 Å². The third-order valence-electron chi connectivity index (χ3n) is 4.60. The van der Waals surface area contributed by atoms with Gasteiger partial charge in [0.25, 0.3) is 5.91 Å². The van der Waals surface area contributed by atoms with Gasteiger partial charge in [-0.15, -0.1) is 0 Å². The number of carboxylic acids is 1. The highest BCUT2D eigenvalue weighted by Crippen LogP contribution is 2.29. The van der Waals surface area contributed by atoms with Gasteiger partial charge in [0.2, 0.25) is 0 Å². The minimum absolute atomic E-state index is 0.143. The topological polar surface area (TPSA) is 73.4 Å². The first-order chi connectivity index (χ1) is 12.0. The Bertz CT molecular complexity index is 992. The molecule has 0 aliphatic carbocycles. The molecule has 0 spiro atoms. The number of carboxylic acid groups (broad SMARTS) is 1. The van der Waals surface area contributed by atoms with Crippen LogP contribution in [0.5, 0.6) is 0 Å². The molecule has 126 valence electrons. The number of carbonyl (C=O) groups is 2. The van der Waals surface area contributed by atoms with Crippen LogP contribution in [0, 0.1) is 5.82 Å². The minimum Gasteiger partial charge on any atom is -0.478 e. The van der Waals surface area contributed by atoms with Gasteiger partial charge in [-0.3, -0.25) is 4.79 Å².